The Morgan fingerprint density at radius 3 is 2.79 bits per heavy atom. The minimum Gasteiger partial charge on any atom is -0.462 e. The molecule has 7 atom stereocenters. The summed E-state index contributed by atoms with van der Waals surface area (Å²) in [4.78, 5) is 23.3. The molecule has 1 N–H and O–H groups in total. The molecule has 0 amide bonds. The molecule has 4 nitrogen and oxygen atoms in total. The fourth-order valence-corrected chi connectivity index (χ4v) is 6.51. The lowest BCUT2D eigenvalue weighted by Crippen LogP contribution is -2.49. The number of aliphatic hydroxyl groups excluding tert-OH is 1. The second-order valence-corrected chi connectivity index (χ2v) is 8.67. The van der Waals surface area contributed by atoms with Crippen LogP contribution in [-0.4, -0.2) is 29.1 Å². The smallest absolute Gasteiger partial charge is 0.302 e. The zero-order valence-electron chi connectivity index (χ0n) is 14.7. The highest BCUT2D eigenvalue weighted by Crippen LogP contribution is 2.62. The normalized spacial score (nSPS) is 47.3. The van der Waals surface area contributed by atoms with Gasteiger partial charge in [0.25, 0.3) is 0 Å². The molecule has 3 fully saturated rings. The molecule has 0 heterocycles. The highest BCUT2D eigenvalue weighted by Gasteiger charge is 2.57. The molecule has 0 bridgehead atoms. The quantitative estimate of drug-likeness (QED) is 0.750. The number of carbonyl (C=O) groups is 2. The monoisotopic (exact) mass is 332 g/mol. The summed E-state index contributed by atoms with van der Waals surface area (Å²) in [6.07, 6.45) is 8.09. The highest BCUT2D eigenvalue weighted by atomic mass is 16.5. The molecule has 4 rings (SSSR count). The topological polar surface area (TPSA) is 63.6 Å². The van der Waals surface area contributed by atoms with Gasteiger partial charge in [-0.3, -0.25) is 9.59 Å². The average Bonchev–Trinajstić information content (AvgIpc) is 2.85. The second-order valence-electron chi connectivity index (χ2n) is 8.67. The van der Waals surface area contributed by atoms with Crippen molar-refractivity contribution in [3.8, 4) is 0 Å². The van der Waals surface area contributed by atoms with Gasteiger partial charge in [-0.25, -0.2) is 0 Å². The SMILES string of the molecule is CC(=O)O[C@@H]1CC[C@@H]2[C@@H]3CCC4=CC(=O)[C@H](O)C[C@@H]4[C@@H]3CC[C@]21C. The first-order valence-electron chi connectivity index (χ1n) is 9.49. The minimum absolute atomic E-state index is 0.0661. The van der Waals surface area contributed by atoms with Gasteiger partial charge in [0.2, 0.25) is 0 Å². The molecule has 24 heavy (non-hydrogen) atoms. The van der Waals surface area contributed by atoms with Crippen LogP contribution in [0.4, 0.5) is 0 Å². The Hall–Kier alpha value is -1.16. The van der Waals surface area contributed by atoms with Crippen molar-refractivity contribution in [3.63, 3.8) is 0 Å². The predicted octanol–water partition coefficient (Wildman–Crippen LogP) is 3.03. The van der Waals surface area contributed by atoms with Crippen LogP contribution in [0.5, 0.6) is 0 Å². The van der Waals surface area contributed by atoms with Crippen LogP contribution in [0, 0.1) is 29.1 Å². The van der Waals surface area contributed by atoms with Crippen LogP contribution >= 0.6 is 0 Å². The number of ether oxygens (including phenoxy) is 1. The number of esters is 1. The van der Waals surface area contributed by atoms with Crippen molar-refractivity contribution in [2.75, 3.05) is 0 Å². The van der Waals surface area contributed by atoms with Crippen LogP contribution in [0.25, 0.3) is 0 Å². The van der Waals surface area contributed by atoms with Crippen LogP contribution in [0.3, 0.4) is 0 Å². The number of rotatable bonds is 1. The fraction of sp³-hybridized carbons (Fsp3) is 0.800. The van der Waals surface area contributed by atoms with E-state index in [-0.39, 0.29) is 23.3 Å². The van der Waals surface area contributed by atoms with Crippen LogP contribution in [0.1, 0.15) is 58.8 Å². The van der Waals surface area contributed by atoms with Gasteiger partial charge in [0.15, 0.2) is 5.78 Å². The number of carbonyl (C=O) groups excluding carboxylic acids is 2. The van der Waals surface area contributed by atoms with Crippen molar-refractivity contribution in [1.29, 1.82) is 0 Å². The van der Waals surface area contributed by atoms with E-state index in [2.05, 4.69) is 6.92 Å². The standard InChI is InChI=1S/C20H28O4/c1-11(21)24-19-6-5-16-14-4-3-12-9-17(22)18(23)10-15(12)13(14)7-8-20(16,19)2/h9,13-16,18-19,23H,3-8,10H2,1-2H3/t13-,14-,15+,16-,18-,19-,20-/m1/s1. The Morgan fingerprint density at radius 1 is 1.25 bits per heavy atom. The van der Waals surface area contributed by atoms with Crippen molar-refractivity contribution >= 4 is 11.8 Å². The molecule has 4 aliphatic carbocycles. The number of fused-ring (bicyclic) bond motifs is 5. The van der Waals surface area contributed by atoms with Crippen LogP contribution in [-0.2, 0) is 14.3 Å². The Morgan fingerprint density at radius 2 is 2.04 bits per heavy atom. The molecule has 0 aromatic heterocycles. The van der Waals surface area contributed by atoms with E-state index in [1.807, 2.05) is 0 Å². The molecular formula is C20H28O4. The lowest BCUT2D eigenvalue weighted by molar-refractivity contribution is -0.156. The molecule has 4 aliphatic rings. The van der Waals surface area contributed by atoms with E-state index in [0.717, 1.165) is 38.5 Å². The average molecular weight is 332 g/mol. The summed E-state index contributed by atoms with van der Waals surface area (Å²) < 4.78 is 5.67. The summed E-state index contributed by atoms with van der Waals surface area (Å²) in [5.74, 6) is 1.96. The summed E-state index contributed by atoms with van der Waals surface area (Å²) in [6.45, 7) is 3.83. The fourth-order valence-electron chi connectivity index (χ4n) is 6.51. The maximum Gasteiger partial charge on any atom is 0.302 e. The zero-order valence-corrected chi connectivity index (χ0v) is 14.7. The summed E-state index contributed by atoms with van der Waals surface area (Å²) in [5.41, 5.74) is 1.39. The van der Waals surface area contributed by atoms with E-state index < -0.39 is 6.10 Å². The number of aliphatic hydroxyl groups is 1. The van der Waals surface area contributed by atoms with Gasteiger partial charge in [-0.2, -0.15) is 0 Å². The second kappa shape index (κ2) is 5.69. The summed E-state index contributed by atoms with van der Waals surface area (Å²) >= 11 is 0. The molecule has 0 unspecified atom stereocenters. The number of allylic oxidation sites excluding steroid dienone is 1. The van der Waals surface area contributed by atoms with Gasteiger partial charge in [-0.1, -0.05) is 12.5 Å². The lowest BCUT2D eigenvalue weighted by Gasteiger charge is -2.53. The van der Waals surface area contributed by atoms with Crippen LogP contribution < -0.4 is 0 Å². The third kappa shape index (κ3) is 2.37. The molecule has 3 saturated carbocycles. The molecule has 0 saturated heterocycles. The van der Waals surface area contributed by atoms with E-state index in [4.69, 9.17) is 4.74 Å². The van der Waals surface area contributed by atoms with Gasteiger partial charge >= 0.3 is 5.97 Å². The van der Waals surface area contributed by atoms with Gasteiger partial charge in [0, 0.05) is 12.3 Å². The van der Waals surface area contributed by atoms with Crippen molar-refractivity contribution in [2.24, 2.45) is 29.1 Å². The largest absolute Gasteiger partial charge is 0.462 e. The van der Waals surface area contributed by atoms with Crippen LogP contribution in [0.15, 0.2) is 11.6 Å². The number of hydrogen-bond acceptors (Lipinski definition) is 4. The van der Waals surface area contributed by atoms with E-state index in [0.29, 0.717) is 30.1 Å². The van der Waals surface area contributed by atoms with E-state index >= 15 is 0 Å². The van der Waals surface area contributed by atoms with Gasteiger partial charge in [0.05, 0.1) is 0 Å². The van der Waals surface area contributed by atoms with Gasteiger partial charge in [0.1, 0.15) is 12.2 Å². The van der Waals surface area contributed by atoms with Crippen molar-refractivity contribution in [2.45, 2.75) is 71.0 Å². The number of ketones is 1. The van der Waals surface area contributed by atoms with Gasteiger partial charge in [-0.15, -0.1) is 0 Å². The summed E-state index contributed by atoms with van der Waals surface area (Å²) in [7, 11) is 0. The van der Waals surface area contributed by atoms with E-state index in [1.54, 1.807) is 6.08 Å². The maximum atomic E-state index is 11.8. The maximum absolute atomic E-state index is 11.8. The predicted molar refractivity (Wildman–Crippen MR) is 89.0 cm³/mol. The van der Waals surface area contributed by atoms with Crippen LogP contribution in [0.2, 0.25) is 0 Å². The molecule has 132 valence electrons. The molecule has 0 spiro atoms. The lowest BCUT2D eigenvalue weighted by atomic mass is 9.52. The minimum atomic E-state index is -0.803. The van der Waals surface area contributed by atoms with E-state index in [9.17, 15) is 14.7 Å². The molecule has 0 radical (unpaired) electrons. The molecule has 0 aromatic carbocycles. The third-order valence-corrected chi connectivity index (χ3v) is 7.61. The summed E-state index contributed by atoms with van der Waals surface area (Å²) in [5, 5.41) is 10.0. The molecular weight excluding hydrogens is 304 g/mol. The Bertz CT molecular complexity index is 594. The first-order valence-corrected chi connectivity index (χ1v) is 9.49. The van der Waals surface area contributed by atoms with Gasteiger partial charge < -0.3 is 9.84 Å². The Kier molecular flexibility index (Phi) is 3.87. The van der Waals surface area contributed by atoms with Crippen molar-refractivity contribution in [1.82, 2.24) is 0 Å². The first kappa shape index (κ1) is 16.3. The van der Waals surface area contributed by atoms with Gasteiger partial charge in [-0.05, 0) is 74.7 Å². The third-order valence-electron chi connectivity index (χ3n) is 7.61. The Balaban J connectivity index is 1.58. The summed E-state index contributed by atoms with van der Waals surface area (Å²) in [6, 6.07) is 0. The first-order chi connectivity index (χ1) is 11.4. The molecule has 4 heteroatoms. The molecule has 0 aliphatic heterocycles. The highest BCUT2D eigenvalue weighted by molar-refractivity contribution is 5.95. The number of hydrogen-bond donors (Lipinski definition) is 1. The Labute approximate surface area is 143 Å². The van der Waals surface area contributed by atoms with E-state index in [1.165, 1.54) is 12.5 Å². The molecule has 0 aromatic rings. The zero-order chi connectivity index (χ0) is 17.1. The van der Waals surface area contributed by atoms with Crippen molar-refractivity contribution in [3.05, 3.63) is 11.6 Å². The van der Waals surface area contributed by atoms with Crippen molar-refractivity contribution < 1.29 is 19.4 Å².